The molecule has 1 N–H and O–H groups in total. The zero-order valence-corrected chi connectivity index (χ0v) is 15.8. The summed E-state index contributed by atoms with van der Waals surface area (Å²) in [4.78, 5) is 39.1. The molecule has 2 aromatic carbocycles. The van der Waals surface area contributed by atoms with Gasteiger partial charge in [0, 0.05) is 35.3 Å². The second kappa shape index (κ2) is 8.35. The minimum absolute atomic E-state index is 0.00913. The number of carbonyl (C=O) groups is 3. The minimum Gasteiger partial charge on any atom is -0.334 e. The van der Waals surface area contributed by atoms with Crippen LogP contribution in [0.2, 0.25) is 5.02 Å². The summed E-state index contributed by atoms with van der Waals surface area (Å²) in [7, 11) is 0. The largest absolute Gasteiger partial charge is 0.334 e. The highest BCUT2D eigenvalue weighted by Gasteiger charge is 2.32. The number of hydrogen-bond donors (Lipinski definition) is 1. The number of nitrogens with one attached hydrogen (secondary N) is 1. The molecule has 0 spiro atoms. The number of aryl methyl sites for hydroxylation is 1. The number of Topliss-reactive ketones (excluding diaryl/α,β-unsaturated/α-hetero) is 1. The van der Waals surface area contributed by atoms with Crippen LogP contribution in [0.4, 0.5) is 5.69 Å². The molecule has 0 bridgehead atoms. The predicted octanol–water partition coefficient (Wildman–Crippen LogP) is 3.71. The molecule has 0 unspecified atom stereocenters. The quantitative estimate of drug-likeness (QED) is 0.648. The van der Waals surface area contributed by atoms with E-state index in [9.17, 15) is 14.4 Å². The molecule has 0 saturated carbocycles. The molecule has 27 heavy (non-hydrogen) atoms. The Morgan fingerprint density at radius 3 is 2.56 bits per heavy atom. The first kappa shape index (κ1) is 19.1. The zero-order chi connectivity index (χ0) is 19.4. The summed E-state index contributed by atoms with van der Waals surface area (Å²) in [6.45, 7) is 2.57. The Labute approximate surface area is 163 Å². The van der Waals surface area contributed by atoms with E-state index in [0.29, 0.717) is 35.7 Å². The van der Waals surface area contributed by atoms with Crippen molar-refractivity contribution in [3.63, 3.8) is 0 Å². The lowest BCUT2D eigenvalue weighted by atomic mass is 9.88. The van der Waals surface area contributed by atoms with Gasteiger partial charge in [0.05, 0.1) is 0 Å². The summed E-state index contributed by atoms with van der Waals surface area (Å²) < 4.78 is 0. The molecule has 0 radical (unpaired) electrons. The minimum atomic E-state index is -0.683. The lowest BCUT2D eigenvalue weighted by molar-refractivity contribution is -0.144. The molecule has 1 aliphatic rings. The van der Waals surface area contributed by atoms with Crippen molar-refractivity contribution in [2.75, 3.05) is 18.4 Å². The predicted molar refractivity (Wildman–Crippen MR) is 105 cm³/mol. The van der Waals surface area contributed by atoms with E-state index in [1.807, 2.05) is 13.0 Å². The number of piperidine rings is 1. The molecule has 2 amide bonds. The fourth-order valence-electron chi connectivity index (χ4n) is 3.35. The van der Waals surface area contributed by atoms with Crippen molar-refractivity contribution in [3.8, 4) is 0 Å². The summed E-state index contributed by atoms with van der Waals surface area (Å²) in [5, 5.41) is 3.19. The number of nitrogens with zero attached hydrogens (tertiary/aromatic N) is 1. The summed E-state index contributed by atoms with van der Waals surface area (Å²) >= 11 is 5.96. The van der Waals surface area contributed by atoms with Gasteiger partial charge in [-0.25, -0.2) is 0 Å². The van der Waals surface area contributed by atoms with Crippen LogP contribution >= 0.6 is 11.6 Å². The number of likely N-dealkylation sites (tertiary alicyclic amines) is 1. The van der Waals surface area contributed by atoms with E-state index in [2.05, 4.69) is 5.32 Å². The average molecular weight is 385 g/mol. The van der Waals surface area contributed by atoms with E-state index in [0.717, 1.165) is 5.56 Å². The van der Waals surface area contributed by atoms with Gasteiger partial charge in [-0.3, -0.25) is 14.4 Å². The molecule has 0 aliphatic carbocycles. The van der Waals surface area contributed by atoms with Crippen LogP contribution in [0, 0.1) is 12.8 Å². The normalized spacial score (nSPS) is 16.7. The van der Waals surface area contributed by atoms with Gasteiger partial charge < -0.3 is 10.2 Å². The second-order valence-electron chi connectivity index (χ2n) is 6.73. The number of hydrogen-bond acceptors (Lipinski definition) is 3. The fourth-order valence-corrected chi connectivity index (χ4v) is 3.58. The van der Waals surface area contributed by atoms with Crippen LogP contribution < -0.4 is 5.32 Å². The monoisotopic (exact) mass is 384 g/mol. The first-order valence-electron chi connectivity index (χ1n) is 8.91. The molecule has 6 heteroatoms. The van der Waals surface area contributed by atoms with Crippen LogP contribution in [0.25, 0.3) is 0 Å². The van der Waals surface area contributed by atoms with Crippen molar-refractivity contribution < 1.29 is 14.4 Å². The first-order valence-corrected chi connectivity index (χ1v) is 9.29. The molecule has 0 aromatic heterocycles. The highest BCUT2D eigenvalue weighted by Crippen LogP contribution is 2.24. The molecule has 2 aromatic rings. The van der Waals surface area contributed by atoms with E-state index < -0.39 is 11.8 Å². The number of para-hydroxylation sites is 1. The van der Waals surface area contributed by atoms with Gasteiger partial charge in [-0.1, -0.05) is 29.8 Å². The van der Waals surface area contributed by atoms with E-state index in [4.69, 9.17) is 11.6 Å². The number of anilines is 1. The highest BCUT2D eigenvalue weighted by molar-refractivity contribution is 6.39. The van der Waals surface area contributed by atoms with Gasteiger partial charge in [-0.15, -0.1) is 0 Å². The number of halogens is 1. The number of ketones is 1. The van der Waals surface area contributed by atoms with Crippen molar-refractivity contribution in [2.45, 2.75) is 19.8 Å². The van der Waals surface area contributed by atoms with E-state index in [-0.39, 0.29) is 18.2 Å². The van der Waals surface area contributed by atoms with E-state index in [1.54, 1.807) is 42.5 Å². The Bertz CT molecular complexity index is 867. The van der Waals surface area contributed by atoms with Crippen LogP contribution in [-0.2, 0) is 9.59 Å². The number of rotatable bonds is 3. The van der Waals surface area contributed by atoms with Gasteiger partial charge >= 0.3 is 11.8 Å². The molecule has 1 aliphatic heterocycles. The molecule has 1 heterocycles. The Morgan fingerprint density at radius 2 is 1.85 bits per heavy atom. The summed E-state index contributed by atoms with van der Waals surface area (Å²) in [5.41, 5.74) is 2.00. The van der Waals surface area contributed by atoms with Crippen molar-refractivity contribution in [3.05, 3.63) is 64.7 Å². The highest BCUT2D eigenvalue weighted by atomic mass is 35.5. The average Bonchev–Trinajstić information content (AvgIpc) is 2.68. The Balaban J connectivity index is 1.67. The zero-order valence-electron chi connectivity index (χ0n) is 15.1. The molecule has 1 atom stereocenters. The molecule has 5 nitrogen and oxygen atoms in total. The summed E-state index contributed by atoms with van der Waals surface area (Å²) in [6, 6.07) is 14.0. The van der Waals surface area contributed by atoms with Crippen LogP contribution in [0.15, 0.2) is 48.5 Å². The van der Waals surface area contributed by atoms with Gasteiger partial charge in [-0.05, 0) is 55.7 Å². The van der Waals surface area contributed by atoms with Crippen molar-refractivity contribution in [2.24, 2.45) is 5.92 Å². The van der Waals surface area contributed by atoms with Gasteiger partial charge in [-0.2, -0.15) is 0 Å². The van der Waals surface area contributed by atoms with E-state index in [1.165, 1.54) is 4.90 Å². The van der Waals surface area contributed by atoms with Gasteiger partial charge in [0.25, 0.3) is 0 Å². The maximum Gasteiger partial charge on any atom is 0.313 e. The smallest absolute Gasteiger partial charge is 0.313 e. The lowest BCUT2D eigenvalue weighted by Crippen LogP contribution is -2.46. The number of amides is 2. The fraction of sp³-hybridized carbons (Fsp3) is 0.286. The maximum atomic E-state index is 12.9. The Hall–Kier alpha value is -2.66. The van der Waals surface area contributed by atoms with E-state index >= 15 is 0 Å². The van der Waals surface area contributed by atoms with Gasteiger partial charge in [0.1, 0.15) is 0 Å². The second-order valence-corrected chi connectivity index (χ2v) is 7.17. The Kier molecular flexibility index (Phi) is 5.91. The molecule has 1 saturated heterocycles. The third-order valence-corrected chi connectivity index (χ3v) is 4.99. The van der Waals surface area contributed by atoms with Crippen LogP contribution in [0.5, 0.6) is 0 Å². The van der Waals surface area contributed by atoms with Crippen LogP contribution in [0.3, 0.4) is 0 Å². The molecule has 3 rings (SSSR count). The Morgan fingerprint density at radius 1 is 1.11 bits per heavy atom. The molecular formula is C21H21ClN2O3. The maximum absolute atomic E-state index is 12.9. The van der Waals surface area contributed by atoms with Gasteiger partial charge in [0.2, 0.25) is 0 Å². The van der Waals surface area contributed by atoms with Crippen LogP contribution in [0.1, 0.15) is 28.8 Å². The van der Waals surface area contributed by atoms with Crippen molar-refractivity contribution >= 4 is 34.9 Å². The number of benzene rings is 2. The molecule has 140 valence electrons. The standard InChI is InChI=1S/C21H21ClN2O3/c1-14-12-16(22)9-10-18(14)19(25)15-6-5-11-24(13-15)21(27)20(26)23-17-7-3-2-4-8-17/h2-4,7-10,12,15H,5-6,11,13H2,1H3,(H,23,26)/t15-/m1/s1. The third kappa shape index (κ3) is 4.55. The third-order valence-electron chi connectivity index (χ3n) is 4.76. The van der Waals surface area contributed by atoms with Gasteiger partial charge in [0.15, 0.2) is 5.78 Å². The SMILES string of the molecule is Cc1cc(Cl)ccc1C(=O)[C@@H]1CCCN(C(=O)C(=O)Nc2ccccc2)C1. The molecule has 1 fully saturated rings. The van der Waals surface area contributed by atoms with Crippen molar-refractivity contribution in [1.82, 2.24) is 4.90 Å². The molecular weight excluding hydrogens is 364 g/mol. The van der Waals surface area contributed by atoms with Crippen molar-refractivity contribution in [1.29, 1.82) is 0 Å². The number of carbonyl (C=O) groups excluding carboxylic acids is 3. The first-order chi connectivity index (χ1) is 13.0. The lowest BCUT2D eigenvalue weighted by Gasteiger charge is -2.31. The topological polar surface area (TPSA) is 66.5 Å². The summed E-state index contributed by atoms with van der Waals surface area (Å²) in [6.07, 6.45) is 1.39. The summed E-state index contributed by atoms with van der Waals surface area (Å²) in [5.74, 6) is -1.61. The van der Waals surface area contributed by atoms with Crippen LogP contribution in [-0.4, -0.2) is 35.6 Å².